The first-order valence-electron chi connectivity index (χ1n) is 4.84. The van der Waals surface area contributed by atoms with E-state index < -0.39 is 0 Å². The van der Waals surface area contributed by atoms with Crippen molar-refractivity contribution in [2.75, 3.05) is 5.73 Å². The number of hydrogen-bond donors (Lipinski definition) is 1. The van der Waals surface area contributed by atoms with E-state index in [0.29, 0.717) is 5.92 Å². The summed E-state index contributed by atoms with van der Waals surface area (Å²) in [5, 5.41) is 4.34. The molecule has 2 N–H and O–H groups in total. The van der Waals surface area contributed by atoms with Crippen LogP contribution in [0.25, 0.3) is 0 Å². The molecule has 1 heterocycles. The van der Waals surface area contributed by atoms with Crippen molar-refractivity contribution in [2.45, 2.75) is 45.1 Å². The Labute approximate surface area is 78.9 Å². The lowest BCUT2D eigenvalue weighted by Crippen LogP contribution is -2.24. The van der Waals surface area contributed by atoms with Crippen molar-refractivity contribution in [3.05, 3.63) is 11.8 Å². The maximum absolute atomic E-state index is 6.03. The molecule has 0 unspecified atom stereocenters. The van der Waals surface area contributed by atoms with Gasteiger partial charge in [-0.25, -0.2) is 4.68 Å². The van der Waals surface area contributed by atoms with Crippen molar-refractivity contribution < 1.29 is 0 Å². The Kier molecular flexibility index (Phi) is 1.65. The molecule has 0 saturated heterocycles. The second-order valence-electron chi connectivity index (χ2n) is 4.84. The summed E-state index contributed by atoms with van der Waals surface area (Å²) in [6, 6.07) is 0. The van der Waals surface area contributed by atoms with E-state index in [0.717, 1.165) is 5.82 Å². The van der Waals surface area contributed by atoms with E-state index in [2.05, 4.69) is 25.9 Å². The minimum absolute atomic E-state index is 0.00275. The third-order valence-electron chi connectivity index (χ3n) is 2.49. The summed E-state index contributed by atoms with van der Waals surface area (Å²) in [7, 11) is 0. The van der Waals surface area contributed by atoms with Crippen LogP contribution in [0.3, 0.4) is 0 Å². The molecule has 13 heavy (non-hydrogen) atoms. The zero-order valence-corrected chi connectivity index (χ0v) is 8.54. The highest BCUT2D eigenvalue weighted by molar-refractivity contribution is 5.44. The van der Waals surface area contributed by atoms with E-state index >= 15 is 0 Å². The lowest BCUT2D eigenvalue weighted by molar-refractivity contribution is 0.361. The summed E-state index contributed by atoms with van der Waals surface area (Å²) in [5.74, 6) is 1.55. The van der Waals surface area contributed by atoms with E-state index in [1.807, 2.05) is 10.9 Å². The monoisotopic (exact) mass is 179 g/mol. The molecule has 1 aliphatic carbocycles. The van der Waals surface area contributed by atoms with Crippen molar-refractivity contribution >= 4 is 5.82 Å². The molecule has 2 rings (SSSR count). The van der Waals surface area contributed by atoms with E-state index in [1.54, 1.807) is 0 Å². The van der Waals surface area contributed by atoms with Crippen LogP contribution in [0.2, 0.25) is 0 Å². The van der Waals surface area contributed by atoms with Gasteiger partial charge in [-0.15, -0.1) is 0 Å². The number of nitrogens with two attached hydrogens (primary N) is 1. The van der Waals surface area contributed by atoms with Gasteiger partial charge >= 0.3 is 0 Å². The molecule has 3 nitrogen and oxygen atoms in total. The van der Waals surface area contributed by atoms with Gasteiger partial charge in [0.1, 0.15) is 5.82 Å². The first-order chi connectivity index (χ1) is 6.00. The highest BCUT2D eigenvalue weighted by atomic mass is 15.3. The summed E-state index contributed by atoms with van der Waals surface area (Å²) in [6.45, 7) is 6.35. The summed E-state index contributed by atoms with van der Waals surface area (Å²) < 4.78 is 1.92. The van der Waals surface area contributed by atoms with Gasteiger partial charge in [0.05, 0.1) is 11.7 Å². The zero-order valence-electron chi connectivity index (χ0n) is 8.54. The van der Waals surface area contributed by atoms with Crippen LogP contribution in [0.4, 0.5) is 5.82 Å². The van der Waals surface area contributed by atoms with Crippen LogP contribution in [0, 0.1) is 0 Å². The number of nitrogen functional groups attached to an aromatic ring is 1. The van der Waals surface area contributed by atoms with Crippen molar-refractivity contribution in [3.8, 4) is 0 Å². The molecule has 3 heteroatoms. The Balaban J connectivity index is 2.38. The molecule has 1 fully saturated rings. The molecule has 0 radical (unpaired) electrons. The molecule has 72 valence electrons. The first kappa shape index (κ1) is 8.60. The molecule has 0 atom stereocenters. The summed E-state index contributed by atoms with van der Waals surface area (Å²) in [5.41, 5.74) is 7.27. The highest BCUT2D eigenvalue weighted by Gasteiger charge is 2.29. The Hall–Kier alpha value is -0.990. The van der Waals surface area contributed by atoms with Gasteiger partial charge in [-0.2, -0.15) is 5.10 Å². The smallest absolute Gasteiger partial charge is 0.125 e. The Bertz CT molecular complexity index is 315. The fraction of sp³-hybridized carbons (Fsp3) is 0.700. The number of hydrogen-bond acceptors (Lipinski definition) is 2. The van der Waals surface area contributed by atoms with E-state index in [9.17, 15) is 0 Å². The molecule has 0 bridgehead atoms. The maximum atomic E-state index is 6.03. The van der Waals surface area contributed by atoms with Crippen molar-refractivity contribution in [1.29, 1.82) is 0 Å². The van der Waals surface area contributed by atoms with Crippen LogP contribution in [0.1, 0.15) is 45.1 Å². The molecule has 1 aromatic heterocycles. The lowest BCUT2D eigenvalue weighted by atomic mass is 10.1. The Morgan fingerprint density at radius 3 is 2.46 bits per heavy atom. The van der Waals surface area contributed by atoms with Crippen LogP contribution in [-0.4, -0.2) is 9.78 Å². The second-order valence-corrected chi connectivity index (χ2v) is 4.84. The van der Waals surface area contributed by atoms with Gasteiger partial charge in [0, 0.05) is 5.56 Å². The minimum atomic E-state index is -0.00275. The molecule has 1 saturated carbocycles. The lowest BCUT2D eigenvalue weighted by Gasteiger charge is -2.20. The third kappa shape index (κ3) is 1.43. The van der Waals surface area contributed by atoms with Gasteiger partial charge in [-0.1, -0.05) is 0 Å². The summed E-state index contributed by atoms with van der Waals surface area (Å²) in [4.78, 5) is 0. The fourth-order valence-electron chi connectivity index (χ4n) is 1.61. The van der Waals surface area contributed by atoms with Crippen LogP contribution in [0.15, 0.2) is 6.20 Å². The standard InChI is InChI=1S/C10H17N3/c1-10(2,3)13-9(11)8(6-12-13)7-4-5-7/h6-7H,4-5,11H2,1-3H3. The summed E-state index contributed by atoms with van der Waals surface area (Å²) >= 11 is 0. The van der Waals surface area contributed by atoms with Gasteiger partial charge in [-0.3, -0.25) is 0 Å². The molecule has 0 aliphatic heterocycles. The minimum Gasteiger partial charge on any atom is -0.384 e. The van der Waals surface area contributed by atoms with Crippen molar-refractivity contribution in [2.24, 2.45) is 0 Å². The van der Waals surface area contributed by atoms with E-state index in [4.69, 9.17) is 5.73 Å². The molecular weight excluding hydrogens is 162 g/mol. The Morgan fingerprint density at radius 2 is 2.08 bits per heavy atom. The van der Waals surface area contributed by atoms with E-state index in [1.165, 1.54) is 18.4 Å². The van der Waals surface area contributed by atoms with Crippen LogP contribution < -0.4 is 5.73 Å². The molecule has 0 spiro atoms. The quantitative estimate of drug-likeness (QED) is 0.717. The summed E-state index contributed by atoms with van der Waals surface area (Å²) in [6.07, 6.45) is 4.48. The average Bonchev–Trinajstić information content (AvgIpc) is 2.73. The molecule has 1 aromatic rings. The first-order valence-corrected chi connectivity index (χ1v) is 4.84. The van der Waals surface area contributed by atoms with Crippen LogP contribution in [0.5, 0.6) is 0 Å². The van der Waals surface area contributed by atoms with Gasteiger partial charge in [0.25, 0.3) is 0 Å². The van der Waals surface area contributed by atoms with Gasteiger partial charge in [0.2, 0.25) is 0 Å². The zero-order chi connectivity index (χ0) is 9.64. The predicted octanol–water partition coefficient (Wildman–Crippen LogP) is 2.10. The number of rotatable bonds is 1. The number of anilines is 1. The second kappa shape index (κ2) is 2.50. The SMILES string of the molecule is CC(C)(C)n1ncc(C2CC2)c1N. The molecule has 1 aliphatic rings. The topological polar surface area (TPSA) is 43.8 Å². The van der Waals surface area contributed by atoms with Crippen molar-refractivity contribution in [3.63, 3.8) is 0 Å². The van der Waals surface area contributed by atoms with Crippen LogP contribution in [-0.2, 0) is 5.54 Å². The molecule has 0 aromatic carbocycles. The van der Waals surface area contributed by atoms with Crippen LogP contribution >= 0.6 is 0 Å². The number of aromatic nitrogens is 2. The number of nitrogens with zero attached hydrogens (tertiary/aromatic N) is 2. The van der Waals surface area contributed by atoms with Gasteiger partial charge < -0.3 is 5.73 Å². The largest absolute Gasteiger partial charge is 0.384 e. The third-order valence-corrected chi connectivity index (χ3v) is 2.49. The average molecular weight is 179 g/mol. The van der Waals surface area contributed by atoms with Gasteiger partial charge in [-0.05, 0) is 39.5 Å². The predicted molar refractivity (Wildman–Crippen MR) is 53.6 cm³/mol. The molecule has 0 amide bonds. The fourth-order valence-corrected chi connectivity index (χ4v) is 1.61. The normalized spacial score (nSPS) is 17.8. The molecular formula is C10H17N3. The van der Waals surface area contributed by atoms with Crippen molar-refractivity contribution in [1.82, 2.24) is 9.78 Å². The van der Waals surface area contributed by atoms with E-state index in [-0.39, 0.29) is 5.54 Å². The Morgan fingerprint density at radius 1 is 1.46 bits per heavy atom. The van der Waals surface area contributed by atoms with Gasteiger partial charge in [0.15, 0.2) is 0 Å². The maximum Gasteiger partial charge on any atom is 0.125 e. The highest BCUT2D eigenvalue weighted by Crippen LogP contribution is 2.43.